The number of benzene rings is 1. The van der Waals surface area contributed by atoms with E-state index in [9.17, 15) is 4.79 Å². The first-order chi connectivity index (χ1) is 14.5. The number of H-pyrrole nitrogens is 1. The summed E-state index contributed by atoms with van der Waals surface area (Å²) in [7, 11) is 1.62. The van der Waals surface area contributed by atoms with Crippen molar-refractivity contribution in [3.8, 4) is 22.6 Å². The molecule has 1 amide bonds. The number of carbonyl (C=O) groups is 1. The Morgan fingerprint density at radius 3 is 2.53 bits per heavy atom. The van der Waals surface area contributed by atoms with Gasteiger partial charge in [-0.05, 0) is 68.7 Å². The molecule has 30 heavy (non-hydrogen) atoms. The summed E-state index contributed by atoms with van der Waals surface area (Å²) >= 11 is 0. The van der Waals surface area contributed by atoms with E-state index in [0.29, 0.717) is 12.3 Å². The molecule has 0 spiro atoms. The fourth-order valence-corrected chi connectivity index (χ4v) is 3.95. The molecule has 1 aromatic carbocycles. The van der Waals surface area contributed by atoms with Crippen LogP contribution < -0.4 is 9.47 Å². The number of aromatic amines is 1. The van der Waals surface area contributed by atoms with Crippen LogP contribution in [-0.4, -0.2) is 45.2 Å². The number of nitrogens with zero attached hydrogens (tertiary/aromatic N) is 3. The third-order valence-corrected chi connectivity index (χ3v) is 5.45. The number of carbonyl (C=O) groups excluding carboxylic acids is 1. The first kappa shape index (κ1) is 19.9. The summed E-state index contributed by atoms with van der Waals surface area (Å²) in [4.78, 5) is 19.5. The number of nitrogens with one attached hydrogen (secondary N) is 1. The second kappa shape index (κ2) is 8.18. The molecule has 0 aliphatic carbocycles. The van der Waals surface area contributed by atoms with Crippen molar-refractivity contribution in [3.63, 3.8) is 0 Å². The number of hydrogen-bond donors (Lipinski definition) is 1. The summed E-state index contributed by atoms with van der Waals surface area (Å²) in [6.07, 6.45) is 7.14. The number of amides is 1. The van der Waals surface area contributed by atoms with Crippen LogP contribution in [0.1, 0.15) is 38.4 Å². The standard InChI is InChI=1S/C23H26N4O3/c1-23(2,30-18-8-6-17(29-3)7-9-18)22(28)27-14-4-5-20(27)21-19(15-25-26-21)16-10-12-24-13-11-16/h6-13,15,20H,4-5,14H2,1-3H3,(H,25,26)/t20-/m1/s1. The Bertz CT molecular complexity index is 999. The van der Waals surface area contributed by atoms with Crippen molar-refractivity contribution in [2.45, 2.75) is 38.3 Å². The normalized spacial score (nSPS) is 16.5. The molecule has 1 atom stereocenters. The summed E-state index contributed by atoms with van der Waals surface area (Å²) in [5, 5.41) is 7.38. The van der Waals surface area contributed by atoms with Crippen LogP contribution in [0, 0.1) is 0 Å². The summed E-state index contributed by atoms with van der Waals surface area (Å²) in [6, 6.07) is 11.1. The largest absolute Gasteiger partial charge is 0.497 e. The van der Waals surface area contributed by atoms with E-state index in [1.54, 1.807) is 19.5 Å². The van der Waals surface area contributed by atoms with Crippen molar-refractivity contribution in [3.05, 3.63) is 60.7 Å². The molecule has 2 aromatic heterocycles. The lowest BCUT2D eigenvalue weighted by molar-refractivity contribution is -0.146. The number of methoxy groups -OCH3 is 1. The predicted octanol–water partition coefficient (Wildman–Crippen LogP) is 4.00. The predicted molar refractivity (Wildman–Crippen MR) is 113 cm³/mol. The summed E-state index contributed by atoms with van der Waals surface area (Å²) < 4.78 is 11.3. The third kappa shape index (κ3) is 3.87. The number of ether oxygens (including phenoxy) is 2. The van der Waals surface area contributed by atoms with Crippen molar-refractivity contribution in [1.82, 2.24) is 20.1 Å². The van der Waals surface area contributed by atoms with Crippen LogP contribution in [0.15, 0.2) is 55.0 Å². The fourth-order valence-electron chi connectivity index (χ4n) is 3.95. The molecule has 1 fully saturated rings. The van der Waals surface area contributed by atoms with E-state index in [0.717, 1.165) is 35.4 Å². The second-order valence-electron chi connectivity index (χ2n) is 7.88. The van der Waals surface area contributed by atoms with Gasteiger partial charge in [0.25, 0.3) is 5.91 Å². The van der Waals surface area contributed by atoms with Crippen LogP contribution >= 0.6 is 0 Å². The van der Waals surface area contributed by atoms with Crippen molar-refractivity contribution >= 4 is 5.91 Å². The maximum Gasteiger partial charge on any atom is 0.266 e. The van der Waals surface area contributed by atoms with Gasteiger partial charge < -0.3 is 14.4 Å². The van der Waals surface area contributed by atoms with E-state index in [4.69, 9.17) is 9.47 Å². The van der Waals surface area contributed by atoms with Gasteiger partial charge in [0.15, 0.2) is 5.60 Å². The zero-order valence-electron chi connectivity index (χ0n) is 17.5. The van der Waals surface area contributed by atoms with Crippen LogP contribution in [0.4, 0.5) is 0 Å². The van der Waals surface area contributed by atoms with Gasteiger partial charge in [-0.15, -0.1) is 0 Å². The minimum absolute atomic E-state index is 0.0453. The van der Waals surface area contributed by atoms with Crippen LogP contribution in [0.5, 0.6) is 11.5 Å². The van der Waals surface area contributed by atoms with Crippen LogP contribution in [0.25, 0.3) is 11.1 Å². The van der Waals surface area contributed by atoms with Gasteiger partial charge >= 0.3 is 0 Å². The van der Waals surface area contributed by atoms with Crippen molar-refractivity contribution < 1.29 is 14.3 Å². The van der Waals surface area contributed by atoms with Gasteiger partial charge in [0.05, 0.1) is 25.0 Å². The highest BCUT2D eigenvalue weighted by atomic mass is 16.5. The molecule has 3 heterocycles. The second-order valence-corrected chi connectivity index (χ2v) is 7.88. The van der Waals surface area contributed by atoms with Gasteiger partial charge in [0.1, 0.15) is 11.5 Å². The molecular weight excluding hydrogens is 380 g/mol. The Labute approximate surface area is 176 Å². The van der Waals surface area contributed by atoms with E-state index >= 15 is 0 Å². The molecule has 7 nitrogen and oxygen atoms in total. The Hall–Kier alpha value is -3.35. The Balaban J connectivity index is 1.56. The van der Waals surface area contributed by atoms with Gasteiger partial charge in [0, 0.05) is 24.5 Å². The van der Waals surface area contributed by atoms with Gasteiger partial charge in [-0.1, -0.05) is 0 Å². The minimum atomic E-state index is -1.01. The topological polar surface area (TPSA) is 80.3 Å². The molecule has 7 heteroatoms. The number of hydrogen-bond acceptors (Lipinski definition) is 5. The van der Waals surface area contributed by atoms with Crippen molar-refractivity contribution in [1.29, 1.82) is 0 Å². The first-order valence-corrected chi connectivity index (χ1v) is 10.1. The molecule has 156 valence electrons. The zero-order chi connectivity index (χ0) is 21.1. The molecule has 0 saturated carbocycles. The zero-order valence-corrected chi connectivity index (χ0v) is 17.5. The molecule has 1 saturated heterocycles. The lowest BCUT2D eigenvalue weighted by atomic mass is 10.0. The quantitative estimate of drug-likeness (QED) is 0.669. The Morgan fingerprint density at radius 2 is 1.83 bits per heavy atom. The van der Waals surface area contributed by atoms with Crippen molar-refractivity contribution in [2.24, 2.45) is 0 Å². The lowest BCUT2D eigenvalue weighted by Crippen LogP contribution is -2.48. The highest BCUT2D eigenvalue weighted by Crippen LogP contribution is 2.38. The van der Waals surface area contributed by atoms with E-state index in [-0.39, 0.29) is 11.9 Å². The molecule has 0 unspecified atom stereocenters. The molecule has 4 rings (SSSR count). The average molecular weight is 406 g/mol. The number of likely N-dealkylation sites (tertiary alicyclic amines) is 1. The summed E-state index contributed by atoms with van der Waals surface area (Å²) in [6.45, 7) is 4.31. The van der Waals surface area contributed by atoms with Gasteiger partial charge in [0.2, 0.25) is 0 Å². The molecule has 0 bridgehead atoms. The third-order valence-electron chi connectivity index (χ3n) is 5.45. The van der Waals surface area contributed by atoms with E-state index in [2.05, 4.69) is 15.2 Å². The lowest BCUT2D eigenvalue weighted by Gasteiger charge is -2.33. The Kier molecular flexibility index (Phi) is 5.44. The van der Waals surface area contributed by atoms with Gasteiger partial charge in [-0.3, -0.25) is 14.9 Å². The average Bonchev–Trinajstić information content (AvgIpc) is 3.43. The maximum atomic E-state index is 13.5. The van der Waals surface area contributed by atoms with Crippen molar-refractivity contribution in [2.75, 3.05) is 13.7 Å². The maximum absolute atomic E-state index is 13.5. The number of aromatic nitrogens is 3. The molecule has 1 N–H and O–H groups in total. The van der Waals surface area contributed by atoms with Gasteiger partial charge in [-0.25, -0.2) is 0 Å². The van der Waals surface area contributed by atoms with E-state index in [1.165, 1.54) is 0 Å². The Morgan fingerprint density at radius 1 is 1.13 bits per heavy atom. The SMILES string of the molecule is COc1ccc(OC(C)(C)C(=O)N2CCC[C@@H]2c2[nH]ncc2-c2ccncc2)cc1. The van der Waals surface area contributed by atoms with Crippen LogP contribution in [-0.2, 0) is 4.79 Å². The number of rotatable bonds is 6. The fraction of sp³-hybridized carbons (Fsp3) is 0.348. The van der Waals surface area contributed by atoms with Crippen LogP contribution in [0.3, 0.4) is 0 Å². The van der Waals surface area contributed by atoms with Gasteiger partial charge in [-0.2, -0.15) is 5.10 Å². The summed E-state index contributed by atoms with van der Waals surface area (Å²) in [5.74, 6) is 1.33. The molecule has 1 aliphatic rings. The summed E-state index contributed by atoms with van der Waals surface area (Å²) in [5.41, 5.74) is 1.97. The van der Waals surface area contributed by atoms with E-state index in [1.807, 2.05) is 61.3 Å². The first-order valence-electron chi connectivity index (χ1n) is 10.1. The molecule has 0 radical (unpaired) electrons. The number of pyridine rings is 1. The molecule has 1 aliphatic heterocycles. The molecular formula is C23H26N4O3. The molecule has 3 aromatic rings. The van der Waals surface area contributed by atoms with Crippen LogP contribution in [0.2, 0.25) is 0 Å². The minimum Gasteiger partial charge on any atom is -0.497 e. The van der Waals surface area contributed by atoms with E-state index < -0.39 is 5.60 Å². The highest BCUT2D eigenvalue weighted by Gasteiger charge is 2.41. The monoisotopic (exact) mass is 406 g/mol. The highest BCUT2D eigenvalue weighted by molar-refractivity contribution is 5.85. The smallest absolute Gasteiger partial charge is 0.266 e.